The predicted molar refractivity (Wildman–Crippen MR) is 38.7 cm³/mol. The van der Waals surface area contributed by atoms with E-state index in [2.05, 4.69) is 0 Å². The molecule has 2 heteroatoms. The van der Waals surface area contributed by atoms with Gasteiger partial charge in [0.05, 0.1) is 0 Å². The molecule has 6 heavy (non-hydrogen) atoms. The van der Waals surface area contributed by atoms with Crippen molar-refractivity contribution in [2.24, 2.45) is 0 Å². The molecule has 0 nitrogen and oxygen atoms in total. The summed E-state index contributed by atoms with van der Waals surface area (Å²) in [4.78, 5) is 0. The van der Waals surface area contributed by atoms with Crippen LogP contribution in [0.25, 0.3) is 0 Å². The fraction of sp³-hybridized carbons (Fsp3) is 1.00. The van der Waals surface area contributed by atoms with Crippen LogP contribution in [0.2, 0.25) is 0 Å². The van der Waals surface area contributed by atoms with Gasteiger partial charge in [-0.15, -0.1) is 0 Å². The molecule has 36 valence electrons. The molecule has 0 bridgehead atoms. The van der Waals surface area contributed by atoms with Crippen molar-refractivity contribution in [3.8, 4) is 0 Å². The van der Waals surface area contributed by atoms with E-state index in [1.807, 2.05) is 27.7 Å². The molecule has 0 fully saturated rings. The smallest absolute Gasteiger partial charge is 1.00 e. The minimum absolute atomic E-state index is 0. The Morgan fingerprint density at radius 2 is 0.667 bits per heavy atom. The molecule has 0 saturated heterocycles. The SMILES string of the molecule is CC.CC.[H-].[H-].[H-].[H-].[Mg+2].[Mg+2]. The summed E-state index contributed by atoms with van der Waals surface area (Å²) in [5, 5.41) is 0. The van der Waals surface area contributed by atoms with Gasteiger partial charge in [0.25, 0.3) is 0 Å². The normalized spacial score (nSPS) is 2.00. The first-order chi connectivity index (χ1) is 2.00. The van der Waals surface area contributed by atoms with Gasteiger partial charge >= 0.3 is 46.1 Å². The Bertz CT molecular complexity index is 15.2. The molecule has 0 radical (unpaired) electrons. The molecule has 0 aliphatic rings. The van der Waals surface area contributed by atoms with Crippen LogP contribution in [-0.4, -0.2) is 46.1 Å². The summed E-state index contributed by atoms with van der Waals surface area (Å²) in [5.74, 6) is 0. The van der Waals surface area contributed by atoms with Crippen LogP contribution in [0.15, 0.2) is 0 Å². The van der Waals surface area contributed by atoms with E-state index in [1.54, 1.807) is 0 Å². The Morgan fingerprint density at radius 3 is 0.667 bits per heavy atom. The molecule has 0 aliphatic heterocycles. The fourth-order valence-corrected chi connectivity index (χ4v) is 0. The van der Waals surface area contributed by atoms with Crippen molar-refractivity contribution in [1.82, 2.24) is 0 Å². The third-order valence-electron chi connectivity index (χ3n) is 0. The molecule has 0 atom stereocenters. The van der Waals surface area contributed by atoms with E-state index in [0.717, 1.165) is 0 Å². The van der Waals surface area contributed by atoms with Gasteiger partial charge in [-0.05, 0) is 0 Å². The van der Waals surface area contributed by atoms with Gasteiger partial charge in [-0.25, -0.2) is 0 Å². The molecule has 0 aromatic rings. The summed E-state index contributed by atoms with van der Waals surface area (Å²) in [7, 11) is 0. The van der Waals surface area contributed by atoms with Crippen molar-refractivity contribution in [2.75, 3.05) is 0 Å². The first-order valence-electron chi connectivity index (χ1n) is 2.00. The van der Waals surface area contributed by atoms with Crippen LogP contribution in [0.1, 0.15) is 33.4 Å². The van der Waals surface area contributed by atoms with Gasteiger partial charge in [-0.3, -0.25) is 0 Å². The van der Waals surface area contributed by atoms with Crippen LogP contribution < -0.4 is 0 Å². The number of hydrogen-bond acceptors (Lipinski definition) is 0. The molecule has 0 heterocycles. The number of rotatable bonds is 0. The molecule has 0 saturated carbocycles. The Kier molecular flexibility index (Phi) is 366. The van der Waals surface area contributed by atoms with Crippen molar-refractivity contribution < 1.29 is 5.71 Å². The first kappa shape index (κ1) is 25.8. The topological polar surface area (TPSA) is 0 Å². The summed E-state index contributed by atoms with van der Waals surface area (Å²) >= 11 is 0. The van der Waals surface area contributed by atoms with Crippen LogP contribution >= 0.6 is 0 Å². The van der Waals surface area contributed by atoms with E-state index < -0.39 is 0 Å². The summed E-state index contributed by atoms with van der Waals surface area (Å²) in [5.41, 5.74) is 0. The molecule has 0 amide bonds. The summed E-state index contributed by atoms with van der Waals surface area (Å²) in [6.45, 7) is 8.00. The van der Waals surface area contributed by atoms with Crippen LogP contribution in [0.3, 0.4) is 0 Å². The maximum Gasteiger partial charge on any atom is 2.00 e. The maximum atomic E-state index is 2.00. The zero-order valence-electron chi connectivity index (χ0n) is 9.41. The fourth-order valence-electron chi connectivity index (χ4n) is 0. The Balaban J connectivity index is -0.000000000833. The van der Waals surface area contributed by atoms with E-state index in [9.17, 15) is 0 Å². The van der Waals surface area contributed by atoms with Gasteiger partial charge in [0.15, 0.2) is 0 Å². The molecule has 0 N–H and O–H groups in total. The Hall–Kier alpha value is 1.53. The molecule has 0 unspecified atom stereocenters. The zero-order valence-corrected chi connectivity index (χ0v) is 8.24. The van der Waals surface area contributed by atoms with E-state index in [-0.39, 0.29) is 51.8 Å². The van der Waals surface area contributed by atoms with Gasteiger partial charge in [0, 0.05) is 0 Å². The quantitative estimate of drug-likeness (QED) is 0.419. The third kappa shape index (κ3) is 48.4. The van der Waals surface area contributed by atoms with Crippen LogP contribution in [-0.2, 0) is 0 Å². The average Bonchev–Trinajstić information content (AvgIpc) is 1.50. The average molecular weight is 113 g/mol. The van der Waals surface area contributed by atoms with Crippen molar-refractivity contribution >= 4 is 46.1 Å². The molecule has 0 aromatic heterocycles. The Labute approximate surface area is 79.3 Å². The molecular weight excluding hydrogens is 96.7 g/mol. The van der Waals surface area contributed by atoms with Gasteiger partial charge in [-0.2, -0.15) is 0 Å². The second-order valence-corrected chi connectivity index (χ2v) is 0. The van der Waals surface area contributed by atoms with Crippen molar-refractivity contribution in [2.45, 2.75) is 27.7 Å². The van der Waals surface area contributed by atoms with Crippen molar-refractivity contribution in [1.29, 1.82) is 0 Å². The second-order valence-electron chi connectivity index (χ2n) is 0. The van der Waals surface area contributed by atoms with Crippen molar-refractivity contribution in [3.63, 3.8) is 0 Å². The largest absolute Gasteiger partial charge is 2.00 e. The van der Waals surface area contributed by atoms with E-state index >= 15 is 0 Å². The monoisotopic (exact) mass is 112 g/mol. The molecule has 0 spiro atoms. The van der Waals surface area contributed by atoms with Gasteiger partial charge in [-0.1, -0.05) is 27.7 Å². The molecular formula is C4H16Mg2. The summed E-state index contributed by atoms with van der Waals surface area (Å²) in [6, 6.07) is 0. The Morgan fingerprint density at radius 1 is 0.667 bits per heavy atom. The third-order valence-corrected chi connectivity index (χ3v) is 0. The minimum atomic E-state index is 0. The van der Waals surface area contributed by atoms with E-state index in [1.165, 1.54) is 0 Å². The van der Waals surface area contributed by atoms with Crippen LogP contribution in [0.4, 0.5) is 0 Å². The van der Waals surface area contributed by atoms with Gasteiger partial charge < -0.3 is 5.71 Å². The van der Waals surface area contributed by atoms with Gasteiger partial charge in [0.1, 0.15) is 0 Å². The van der Waals surface area contributed by atoms with Crippen LogP contribution in [0.5, 0.6) is 0 Å². The summed E-state index contributed by atoms with van der Waals surface area (Å²) < 4.78 is 0. The van der Waals surface area contributed by atoms with Gasteiger partial charge in [0.2, 0.25) is 0 Å². The van der Waals surface area contributed by atoms with Crippen LogP contribution in [0, 0.1) is 0 Å². The first-order valence-corrected chi connectivity index (χ1v) is 2.00. The maximum absolute atomic E-state index is 2.00. The van der Waals surface area contributed by atoms with Crippen molar-refractivity contribution in [3.05, 3.63) is 0 Å². The second kappa shape index (κ2) is 85.1. The van der Waals surface area contributed by atoms with E-state index in [0.29, 0.717) is 0 Å². The molecule has 0 rings (SSSR count). The number of hydrogen-bond donors (Lipinski definition) is 0. The molecule has 0 aromatic carbocycles. The molecule has 0 aliphatic carbocycles. The van der Waals surface area contributed by atoms with E-state index in [4.69, 9.17) is 0 Å². The minimum Gasteiger partial charge on any atom is -1.00 e. The standard InChI is InChI=1S/2C2H6.2Mg.4H/c2*1-2;;;;;;/h2*1-2H3;;;;;;/q;;2*+2;4*-1. The predicted octanol–water partition coefficient (Wildman–Crippen LogP) is 1.74. The zero-order chi connectivity index (χ0) is 4.00. The summed E-state index contributed by atoms with van der Waals surface area (Å²) in [6.07, 6.45) is 0.